The first-order valence-electron chi connectivity index (χ1n) is 6.22. The molecule has 108 valence electrons. The number of anilines is 1. The van der Waals surface area contributed by atoms with Crippen LogP contribution in [-0.2, 0) is 6.42 Å². The van der Waals surface area contributed by atoms with Gasteiger partial charge in [0, 0.05) is 23.6 Å². The van der Waals surface area contributed by atoms with Gasteiger partial charge in [-0.2, -0.15) is 0 Å². The normalized spacial score (nSPS) is 10.4. The highest BCUT2D eigenvalue weighted by atomic mass is 19.1. The summed E-state index contributed by atoms with van der Waals surface area (Å²) in [6, 6.07) is 9.99. The predicted octanol–water partition coefficient (Wildman–Crippen LogP) is 3.11. The SMILES string of the molecule is CC(=O)c1cc([N+](=O)[O-])c(N)c(F)c1Cc1ccccc1. The van der Waals surface area contributed by atoms with Crippen LogP contribution >= 0.6 is 0 Å². The number of nitro groups is 1. The third kappa shape index (κ3) is 2.89. The number of nitrogen functional groups attached to an aromatic ring is 1. The number of nitro benzene ring substituents is 1. The van der Waals surface area contributed by atoms with E-state index in [2.05, 4.69) is 0 Å². The van der Waals surface area contributed by atoms with Crippen molar-refractivity contribution < 1.29 is 14.1 Å². The molecule has 0 atom stereocenters. The second-order valence-corrected chi connectivity index (χ2v) is 4.63. The molecule has 6 heteroatoms. The lowest BCUT2D eigenvalue weighted by Crippen LogP contribution is -2.09. The first-order valence-corrected chi connectivity index (χ1v) is 6.22. The Morgan fingerprint density at radius 2 is 1.95 bits per heavy atom. The number of nitrogens with two attached hydrogens (primary N) is 1. The molecule has 21 heavy (non-hydrogen) atoms. The monoisotopic (exact) mass is 288 g/mol. The van der Waals surface area contributed by atoms with E-state index in [0.29, 0.717) is 0 Å². The van der Waals surface area contributed by atoms with Gasteiger partial charge in [0.1, 0.15) is 5.69 Å². The van der Waals surface area contributed by atoms with Gasteiger partial charge in [-0.1, -0.05) is 30.3 Å². The standard InChI is InChI=1S/C15H13FN2O3/c1-9(19)11-8-13(18(20)21)15(17)14(16)12(11)7-10-5-3-2-4-6-10/h2-6,8H,7,17H2,1H3. The summed E-state index contributed by atoms with van der Waals surface area (Å²) in [5, 5.41) is 10.9. The first-order chi connectivity index (χ1) is 9.91. The van der Waals surface area contributed by atoms with Gasteiger partial charge in [-0.25, -0.2) is 4.39 Å². The van der Waals surface area contributed by atoms with E-state index in [4.69, 9.17) is 5.73 Å². The number of hydrogen-bond donors (Lipinski definition) is 1. The summed E-state index contributed by atoms with van der Waals surface area (Å²) < 4.78 is 14.3. The van der Waals surface area contributed by atoms with Crippen LogP contribution in [0.4, 0.5) is 15.8 Å². The molecule has 2 rings (SSSR count). The molecule has 0 spiro atoms. The van der Waals surface area contributed by atoms with E-state index in [-0.39, 0.29) is 17.5 Å². The van der Waals surface area contributed by atoms with Gasteiger partial charge in [0.15, 0.2) is 11.6 Å². The highest BCUT2D eigenvalue weighted by Crippen LogP contribution is 2.31. The minimum atomic E-state index is -0.904. The fourth-order valence-corrected chi connectivity index (χ4v) is 2.13. The maximum absolute atomic E-state index is 14.3. The predicted molar refractivity (Wildman–Crippen MR) is 76.7 cm³/mol. The molecule has 2 N–H and O–H groups in total. The topological polar surface area (TPSA) is 86.2 Å². The van der Waals surface area contributed by atoms with Crippen molar-refractivity contribution in [3.8, 4) is 0 Å². The number of hydrogen-bond acceptors (Lipinski definition) is 4. The molecule has 0 radical (unpaired) electrons. The van der Waals surface area contributed by atoms with Gasteiger partial charge in [0.25, 0.3) is 5.69 Å². The molecule has 0 saturated heterocycles. The molecule has 0 fully saturated rings. The second-order valence-electron chi connectivity index (χ2n) is 4.63. The number of carbonyl (C=O) groups excluding carboxylic acids is 1. The van der Waals surface area contributed by atoms with Crippen LogP contribution in [0.25, 0.3) is 0 Å². The Morgan fingerprint density at radius 1 is 1.33 bits per heavy atom. The van der Waals surface area contributed by atoms with Crippen LogP contribution in [0.2, 0.25) is 0 Å². The number of Topliss-reactive ketones (excluding diaryl/α,β-unsaturated/α-hetero) is 1. The number of rotatable bonds is 4. The van der Waals surface area contributed by atoms with Crippen LogP contribution in [0, 0.1) is 15.9 Å². The molecule has 0 heterocycles. The molecule has 0 aromatic heterocycles. The zero-order valence-electron chi connectivity index (χ0n) is 11.3. The summed E-state index contributed by atoms with van der Waals surface area (Å²) in [5.41, 5.74) is 5.19. The molecule has 2 aromatic rings. The van der Waals surface area contributed by atoms with E-state index in [9.17, 15) is 19.3 Å². The van der Waals surface area contributed by atoms with Crippen molar-refractivity contribution in [1.29, 1.82) is 0 Å². The molecule has 0 aliphatic carbocycles. The Balaban J connectivity index is 2.61. The van der Waals surface area contributed by atoms with Gasteiger partial charge in [0.05, 0.1) is 4.92 Å². The van der Waals surface area contributed by atoms with Crippen molar-refractivity contribution in [1.82, 2.24) is 0 Å². The Hall–Kier alpha value is -2.76. The highest BCUT2D eigenvalue weighted by molar-refractivity contribution is 5.97. The van der Waals surface area contributed by atoms with Crippen LogP contribution in [0.1, 0.15) is 28.4 Å². The summed E-state index contributed by atoms with van der Waals surface area (Å²) in [6.45, 7) is 1.24. The third-order valence-electron chi connectivity index (χ3n) is 3.18. The maximum atomic E-state index is 14.3. The molecule has 0 aliphatic rings. The van der Waals surface area contributed by atoms with Gasteiger partial charge in [0.2, 0.25) is 0 Å². The minimum Gasteiger partial charge on any atom is -0.391 e. The van der Waals surface area contributed by atoms with Crippen molar-refractivity contribution in [2.75, 3.05) is 5.73 Å². The quantitative estimate of drug-likeness (QED) is 0.405. The molecule has 5 nitrogen and oxygen atoms in total. The summed E-state index contributed by atoms with van der Waals surface area (Å²) >= 11 is 0. The fraction of sp³-hybridized carbons (Fsp3) is 0.133. The van der Waals surface area contributed by atoms with Crippen molar-refractivity contribution in [2.24, 2.45) is 0 Å². The van der Waals surface area contributed by atoms with E-state index in [1.165, 1.54) is 6.92 Å². The number of nitrogens with zero attached hydrogens (tertiary/aromatic N) is 1. The van der Waals surface area contributed by atoms with Crippen molar-refractivity contribution >= 4 is 17.2 Å². The molecule has 2 aromatic carbocycles. The number of ketones is 1. The maximum Gasteiger partial charge on any atom is 0.295 e. The molecule has 0 aliphatic heterocycles. The fourth-order valence-electron chi connectivity index (χ4n) is 2.13. The summed E-state index contributed by atoms with van der Waals surface area (Å²) in [6.07, 6.45) is 0.143. The highest BCUT2D eigenvalue weighted by Gasteiger charge is 2.24. The number of carbonyl (C=O) groups is 1. The van der Waals surface area contributed by atoms with Crippen LogP contribution in [0.5, 0.6) is 0 Å². The van der Waals surface area contributed by atoms with Crippen LogP contribution in [0.3, 0.4) is 0 Å². The van der Waals surface area contributed by atoms with Crippen molar-refractivity contribution in [3.63, 3.8) is 0 Å². The summed E-state index contributed by atoms with van der Waals surface area (Å²) in [7, 11) is 0. The zero-order valence-corrected chi connectivity index (χ0v) is 11.3. The van der Waals surface area contributed by atoms with E-state index in [0.717, 1.165) is 11.6 Å². The van der Waals surface area contributed by atoms with E-state index in [1.54, 1.807) is 24.3 Å². The van der Waals surface area contributed by atoms with E-state index in [1.807, 2.05) is 6.07 Å². The van der Waals surface area contributed by atoms with E-state index >= 15 is 0 Å². The molecule has 0 saturated carbocycles. The van der Waals surface area contributed by atoms with Gasteiger partial charge in [-0.15, -0.1) is 0 Å². The average Bonchev–Trinajstić information content (AvgIpc) is 2.44. The Bertz CT molecular complexity index is 715. The van der Waals surface area contributed by atoms with Crippen LogP contribution < -0.4 is 5.73 Å². The molecular weight excluding hydrogens is 275 g/mol. The Labute approximate surface area is 120 Å². The van der Waals surface area contributed by atoms with Crippen molar-refractivity contribution in [3.05, 3.63) is 69.0 Å². The van der Waals surface area contributed by atoms with Gasteiger partial charge >= 0.3 is 0 Å². The summed E-state index contributed by atoms with van der Waals surface area (Å²) in [5.74, 6) is -1.35. The lowest BCUT2D eigenvalue weighted by Gasteiger charge is -2.11. The second kappa shape index (κ2) is 5.70. The number of benzene rings is 2. The molecule has 0 bridgehead atoms. The summed E-state index contributed by atoms with van der Waals surface area (Å²) in [4.78, 5) is 21.7. The average molecular weight is 288 g/mol. The van der Waals surface area contributed by atoms with Crippen molar-refractivity contribution in [2.45, 2.75) is 13.3 Å². The third-order valence-corrected chi connectivity index (χ3v) is 3.18. The van der Waals surface area contributed by atoms with Crippen LogP contribution in [-0.4, -0.2) is 10.7 Å². The zero-order chi connectivity index (χ0) is 15.6. The van der Waals surface area contributed by atoms with Crippen LogP contribution in [0.15, 0.2) is 36.4 Å². The Morgan fingerprint density at radius 3 is 2.48 bits per heavy atom. The Kier molecular flexibility index (Phi) is 3.98. The largest absolute Gasteiger partial charge is 0.391 e. The lowest BCUT2D eigenvalue weighted by atomic mass is 9.95. The first kappa shape index (κ1) is 14.6. The molecular formula is C15H13FN2O3. The smallest absolute Gasteiger partial charge is 0.295 e. The van der Waals surface area contributed by atoms with Gasteiger partial charge < -0.3 is 5.73 Å². The van der Waals surface area contributed by atoms with Gasteiger partial charge in [-0.3, -0.25) is 14.9 Å². The number of halogens is 1. The van der Waals surface area contributed by atoms with E-state index < -0.39 is 27.9 Å². The van der Waals surface area contributed by atoms with Gasteiger partial charge in [-0.05, 0) is 12.5 Å². The molecule has 0 amide bonds. The lowest BCUT2D eigenvalue weighted by molar-refractivity contribution is -0.384. The minimum absolute atomic E-state index is 0.0164. The molecule has 0 unspecified atom stereocenters.